The maximum Gasteiger partial charge on any atom is 0.144 e. The molecule has 1 aromatic carbocycles. The Labute approximate surface area is 126 Å². The van der Waals surface area contributed by atoms with E-state index in [1.54, 1.807) is 0 Å². The van der Waals surface area contributed by atoms with E-state index in [1.807, 2.05) is 25.1 Å². The minimum absolute atomic E-state index is 0.262. The summed E-state index contributed by atoms with van der Waals surface area (Å²) >= 11 is 6.24. The van der Waals surface area contributed by atoms with Gasteiger partial charge in [-0.3, -0.25) is 4.79 Å². The molecule has 0 atom stereocenters. The third-order valence-corrected chi connectivity index (χ3v) is 5.13. The van der Waals surface area contributed by atoms with Gasteiger partial charge in [0.25, 0.3) is 0 Å². The van der Waals surface area contributed by atoms with Gasteiger partial charge < -0.3 is 5.73 Å². The van der Waals surface area contributed by atoms with Crippen LogP contribution in [0.1, 0.15) is 43.7 Å². The molecule has 3 heteroatoms. The van der Waals surface area contributed by atoms with Gasteiger partial charge in [-0.1, -0.05) is 30.7 Å². The topological polar surface area (TPSA) is 43.1 Å². The van der Waals surface area contributed by atoms with Crippen LogP contribution in [0.25, 0.3) is 0 Å². The van der Waals surface area contributed by atoms with Crippen LogP contribution in [-0.2, 0) is 11.2 Å². The van der Waals surface area contributed by atoms with Gasteiger partial charge >= 0.3 is 0 Å². The van der Waals surface area contributed by atoms with Crippen LogP contribution in [-0.4, -0.2) is 12.3 Å². The van der Waals surface area contributed by atoms with Crippen molar-refractivity contribution >= 4 is 17.4 Å². The first-order valence-electron chi connectivity index (χ1n) is 7.45. The summed E-state index contributed by atoms with van der Waals surface area (Å²) in [5.41, 5.74) is 7.67. The molecule has 0 spiro atoms. The molecule has 0 aromatic heterocycles. The molecule has 0 saturated heterocycles. The summed E-state index contributed by atoms with van der Waals surface area (Å²) in [7, 11) is 0. The Balaban J connectivity index is 2.13. The van der Waals surface area contributed by atoms with Gasteiger partial charge in [0.05, 0.1) is 0 Å². The lowest BCUT2D eigenvalue weighted by Crippen LogP contribution is -2.42. The summed E-state index contributed by atoms with van der Waals surface area (Å²) in [4.78, 5) is 12.7. The molecule has 2 N–H and O–H groups in total. The Kier molecular flexibility index (Phi) is 4.87. The number of carbonyl (C=O) groups excluding carboxylic acids is 1. The molecule has 0 aliphatic heterocycles. The molecular formula is C17H24ClNO. The van der Waals surface area contributed by atoms with E-state index in [2.05, 4.69) is 6.92 Å². The Morgan fingerprint density at radius 2 is 2.05 bits per heavy atom. The number of hydrogen-bond donors (Lipinski definition) is 1. The maximum absolute atomic E-state index is 12.7. The van der Waals surface area contributed by atoms with Crippen LogP contribution in [0.5, 0.6) is 0 Å². The predicted molar refractivity (Wildman–Crippen MR) is 84.0 cm³/mol. The van der Waals surface area contributed by atoms with Gasteiger partial charge in [0.15, 0.2) is 0 Å². The normalized spacial score (nSPS) is 26.5. The average molecular weight is 294 g/mol. The van der Waals surface area contributed by atoms with Gasteiger partial charge in [0.1, 0.15) is 5.78 Å². The first kappa shape index (κ1) is 15.5. The number of hydrogen-bond acceptors (Lipinski definition) is 2. The molecule has 0 amide bonds. The minimum Gasteiger partial charge on any atom is -0.329 e. The number of Topliss-reactive ketones (excluding diaryl/α,β-unsaturated/α-hetero) is 1. The quantitative estimate of drug-likeness (QED) is 0.914. The Morgan fingerprint density at radius 1 is 1.40 bits per heavy atom. The van der Waals surface area contributed by atoms with Crippen LogP contribution < -0.4 is 5.73 Å². The lowest BCUT2D eigenvalue weighted by molar-refractivity contribution is -0.129. The molecule has 0 unspecified atom stereocenters. The number of benzene rings is 1. The van der Waals surface area contributed by atoms with Crippen molar-refractivity contribution in [1.82, 2.24) is 0 Å². The maximum atomic E-state index is 12.7. The number of rotatable bonds is 4. The van der Waals surface area contributed by atoms with Crippen LogP contribution in [0.4, 0.5) is 0 Å². The molecule has 20 heavy (non-hydrogen) atoms. The second-order valence-corrected chi connectivity index (χ2v) is 6.77. The van der Waals surface area contributed by atoms with Crippen LogP contribution in [0.3, 0.4) is 0 Å². The molecule has 0 radical (unpaired) electrons. The van der Waals surface area contributed by atoms with Crippen molar-refractivity contribution in [2.24, 2.45) is 17.1 Å². The number of aryl methyl sites for hydroxylation is 1. The van der Waals surface area contributed by atoms with E-state index in [-0.39, 0.29) is 11.2 Å². The molecule has 1 aliphatic rings. The van der Waals surface area contributed by atoms with E-state index in [9.17, 15) is 4.79 Å². The number of halogens is 1. The van der Waals surface area contributed by atoms with E-state index >= 15 is 0 Å². The highest BCUT2D eigenvalue weighted by atomic mass is 35.5. The fourth-order valence-corrected chi connectivity index (χ4v) is 3.37. The molecule has 1 saturated carbocycles. The highest BCUT2D eigenvalue weighted by Gasteiger charge is 2.39. The van der Waals surface area contributed by atoms with Crippen molar-refractivity contribution in [3.63, 3.8) is 0 Å². The number of nitrogens with two attached hydrogens (primary N) is 1. The Morgan fingerprint density at radius 3 is 2.60 bits per heavy atom. The van der Waals surface area contributed by atoms with Crippen LogP contribution in [0.15, 0.2) is 18.2 Å². The Hall–Kier alpha value is -0.860. The first-order valence-corrected chi connectivity index (χ1v) is 7.83. The molecule has 0 bridgehead atoms. The summed E-state index contributed by atoms with van der Waals surface area (Å²) in [5, 5.41) is 0.690. The lowest BCUT2D eigenvalue weighted by Gasteiger charge is -2.37. The smallest absolute Gasteiger partial charge is 0.144 e. The molecule has 1 aromatic rings. The summed E-state index contributed by atoms with van der Waals surface area (Å²) in [5.74, 6) is 0.975. The van der Waals surface area contributed by atoms with Crippen molar-refractivity contribution in [2.75, 3.05) is 6.54 Å². The monoisotopic (exact) mass is 293 g/mol. The van der Waals surface area contributed by atoms with Gasteiger partial charge in [-0.05, 0) is 55.7 Å². The van der Waals surface area contributed by atoms with Crippen LogP contribution >= 0.6 is 11.6 Å². The summed E-state index contributed by atoms with van der Waals surface area (Å²) in [6.07, 6.45) is 4.46. The summed E-state index contributed by atoms with van der Waals surface area (Å²) in [6, 6.07) is 5.89. The standard InChI is InChI=1S/C17H24ClNO/c1-12-5-7-17(11-19,8-6-12)16(20)10-14-4-3-13(2)9-15(14)18/h3-4,9,12H,5-8,10-11,19H2,1-2H3. The Bertz CT molecular complexity index is 490. The highest BCUT2D eigenvalue weighted by Crippen LogP contribution is 2.40. The molecule has 110 valence electrons. The van der Waals surface area contributed by atoms with Crippen molar-refractivity contribution < 1.29 is 4.79 Å². The van der Waals surface area contributed by atoms with Gasteiger partial charge in [0, 0.05) is 23.4 Å². The van der Waals surface area contributed by atoms with Gasteiger partial charge in [-0.25, -0.2) is 0 Å². The number of ketones is 1. The first-order chi connectivity index (χ1) is 9.47. The molecule has 2 nitrogen and oxygen atoms in total. The van der Waals surface area contributed by atoms with Gasteiger partial charge in [-0.2, -0.15) is 0 Å². The van der Waals surface area contributed by atoms with Gasteiger partial charge in [-0.15, -0.1) is 0 Å². The van der Waals surface area contributed by atoms with E-state index in [1.165, 1.54) is 0 Å². The zero-order valence-electron chi connectivity index (χ0n) is 12.4. The molecule has 1 aliphatic carbocycles. The lowest BCUT2D eigenvalue weighted by atomic mass is 9.67. The molecule has 1 fully saturated rings. The predicted octanol–water partition coefficient (Wildman–Crippen LogP) is 3.92. The largest absolute Gasteiger partial charge is 0.329 e. The highest BCUT2D eigenvalue weighted by molar-refractivity contribution is 6.31. The second kappa shape index (κ2) is 6.28. The summed E-state index contributed by atoms with van der Waals surface area (Å²) in [6.45, 7) is 4.71. The molecule has 2 rings (SSSR count). The van der Waals surface area contributed by atoms with Crippen molar-refractivity contribution in [3.8, 4) is 0 Å². The fraction of sp³-hybridized carbons (Fsp3) is 0.588. The minimum atomic E-state index is -0.319. The average Bonchev–Trinajstić information content (AvgIpc) is 2.43. The van der Waals surface area contributed by atoms with Crippen molar-refractivity contribution in [2.45, 2.75) is 46.0 Å². The van der Waals surface area contributed by atoms with Crippen molar-refractivity contribution in [1.29, 1.82) is 0 Å². The zero-order chi connectivity index (χ0) is 14.8. The zero-order valence-corrected chi connectivity index (χ0v) is 13.2. The number of carbonyl (C=O) groups is 1. The van der Waals surface area contributed by atoms with E-state index in [0.717, 1.165) is 36.8 Å². The summed E-state index contributed by atoms with van der Waals surface area (Å²) < 4.78 is 0. The molecular weight excluding hydrogens is 270 g/mol. The third kappa shape index (κ3) is 3.24. The van der Waals surface area contributed by atoms with Crippen LogP contribution in [0, 0.1) is 18.3 Å². The second-order valence-electron chi connectivity index (χ2n) is 6.36. The van der Waals surface area contributed by atoms with Crippen molar-refractivity contribution in [3.05, 3.63) is 34.3 Å². The SMILES string of the molecule is Cc1ccc(CC(=O)C2(CN)CCC(C)CC2)c(Cl)c1. The fourth-order valence-electron chi connectivity index (χ4n) is 3.07. The van der Waals surface area contributed by atoms with E-state index in [4.69, 9.17) is 17.3 Å². The van der Waals surface area contributed by atoms with Crippen LogP contribution in [0.2, 0.25) is 5.02 Å². The van der Waals surface area contributed by atoms with E-state index in [0.29, 0.717) is 23.9 Å². The molecule has 0 heterocycles. The van der Waals surface area contributed by atoms with E-state index < -0.39 is 0 Å². The third-order valence-electron chi connectivity index (χ3n) is 4.77. The van der Waals surface area contributed by atoms with Gasteiger partial charge in [0.2, 0.25) is 0 Å².